The van der Waals surface area contributed by atoms with E-state index in [4.69, 9.17) is 21.3 Å². The minimum atomic E-state index is 0.460. The zero-order valence-corrected chi connectivity index (χ0v) is 19.2. The number of nitrogens with zero attached hydrogens (tertiary/aromatic N) is 4. The number of hydrogen-bond acceptors (Lipinski definition) is 9. The lowest BCUT2D eigenvalue weighted by molar-refractivity contribution is 0.196. The molecule has 0 radical (unpaired) electrons. The highest BCUT2D eigenvalue weighted by atomic mass is 16.5. The third kappa shape index (κ3) is 5.68. The van der Waals surface area contributed by atoms with Crippen molar-refractivity contribution in [1.29, 1.82) is 0 Å². The summed E-state index contributed by atoms with van der Waals surface area (Å²) in [6, 6.07) is 13.3. The summed E-state index contributed by atoms with van der Waals surface area (Å²) in [5, 5.41) is 11.4. The summed E-state index contributed by atoms with van der Waals surface area (Å²) >= 11 is 0. The molecule has 0 spiro atoms. The van der Waals surface area contributed by atoms with Gasteiger partial charge < -0.3 is 26.1 Å². The maximum atomic E-state index is 5.89. The van der Waals surface area contributed by atoms with Crippen molar-refractivity contribution in [2.45, 2.75) is 20.3 Å². The largest absolute Gasteiger partial charge is 0.397 e. The number of ether oxygens (including phenoxy) is 1. The van der Waals surface area contributed by atoms with Crippen molar-refractivity contribution in [3.05, 3.63) is 54.9 Å². The van der Waals surface area contributed by atoms with Crippen molar-refractivity contribution in [3.8, 4) is 0 Å². The summed E-state index contributed by atoms with van der Waals surface area (Å²) in [4.78, 5) is 11.2. The Kier molecular flexibility index (Phi) is 8.39. The second-order valence-electron chi connectivity index (χ2n) is 6.92. The summed E-state index contributed by atoms with van der Waals surface area (Å²) in [5.41, 5.74) is 12.4. The molecular formula is C23H31N9O. The number of hydrazine groups is 1. The summed E-state index contributed by atoms with van der Waals surface area (Å²) in [6.45, 7) is 5.37. The fraction of sp³-hybridized carbons (Fsp3) is 0.261. The van der Waals surface area contributed by atoms with Crippen LogP contribution in [0.15, 0.2) is 54.9 Å². The predicted molar refractivity (Wildman–Crippen MR) is 135 cm³/mol. The molecule has 2 heterocycles. The van der Waals surface area contributed by atoms with Gasteiger partial charge in [-0.2, -0.15) is 10.1 Å². The first kappa shape index (κ1) is 23.8. The van der Waals surface area contributed by atoms with Crippen LogP contribution in [0.3, 0.4) is 0 Å². The molecule has 0 saturated carbocycles. The Morgan fingerprint density at radius 3 is 2.79 bits per heavy atom. The summed E-state index contributed by atoms with van der Waals surface area (Å²) in [5.74, 6) is 6.74. The molecule has 0 bridgehead atoms. The van der Waals surface area contributed by atoms with Gasteiger partial charge in [-0.1, -0.05) is 19.9 Å². The second kappa shape index (κ2) is 11.7. The molecule has 10 heteroatoms. The Morgan fingerprint density at radius 1 is 1.15 bits per heavy atom. The molecule has 0 aliphatic heterocycles. The highest BCUT2D eigenvalue weighted by Crippen LogP contribution is 2.31. The number of hydrogen-bond donors (Lipinski definition) is 5. The van der Waals surface area contributed by atoms with Crippen molar-refractivity contribution < 1.29 is 4.74 Å². The van der Waals surface area contributed by atoms with E-state index < -0.39 is 0 Å². The Balaban J connectivity index is 0.00000149. The third-order valence-corrected chi connectivity index (χ3v) is 4.87. The van der Waals surface area contributed by atoms with Crippen molar-refractivity contribution in [2.24, 2.45) is 5.84 Å². The summed E-state index contributed by atoms with van der Waals surface area (Å²) in [7, 11) is 1.70. The van der Waals surface area contributed by atoms with Crippen molar-refractivity contribution >= 4 is 45.4 Å². The predicted octanol–water partition coefficient (Wildman–Crippen LogP) is 4.17. The molecule has 0 fully saturated rings. The van der Waals surface area contributed by atoms with Crippen LogP contribution in [-0.4, -0.2) is 40.4 Å². The molecule has 0 aliphatic rings. The van der Waals surface area contributed by atoms with E-state index in [-0.39, 0.29) is 0 Å². The van der Waals surface area contributed by atoms with E-state index in [1.165, 1.54) is 0 Å². The fourth-order valence-electron chi connectivity index (χ4n) is 3.36. The molecule has 10 nitrogen and oxygen atoms in total. The van der Waals surface area contributed by atoms with Gasteiger partial charge in [0.1, 0.15) is 5.82 Å². The van der Waals surface area contributed by atoms with Crippen LogP contribution in [0.4, 0.5) is 34.5 Å². The van der Waals surface area contributed by atoms with Gasteiger partial charge in [0.25, 0.3) is 0 Å². The zero-order valence-electron chi connectivity index (χ0n) is 19.2. The molecule has 0 saturated heterocycles. The topological polar surface area (TPSA) is 143 Å². The molecule has 0 atom stereocenters. The Bertz CT molecular complexity index is 1160. The average Bonchev–Trinajstić information content (AvgIpc) is 3.34. The number of methoxy groups -OCH3 is 1. The van der Waals surface area contributed by atoms with Gasteiger partial charge in [0.15, 0.2) is 0 Å². The number of aromatic nitrogens is 4. The second-order valence-corrected chi connectivity index (χ2v) is 6.92. The number of fused-ring (bicyclic) bond motifs is 1. The van der Waals surface area contributed by atoms with Gasteiger partial charge >= 0.3 is 0 Å². The molecule has 0 amide bonds. The maximum Gasteiger partial charge on any atom is 0.229 e. The molecule has 4 rings (SSSR count). The summed E-state index contributed by atoms with van der Waals surface area (Å²) < 4.78 is 5.25. The monoisotopic (exact) mass is 449 g/mol. The van der Waals surface area contributed by atoms with E-state index in [0.29, 0.717) is 23.9 Å². The van der Waals surface area contributed by atoms with Crippen molar-refractivity contribution in [3.63, 3.8) is 0 Å². The quantitative estimate of drug-likeness (QED) is 0.110. The highest BCUT2D eigenvalue weighted by molar-refractivity contribution is 5.93. The lowest BCUT2D eigenvalue weighted by atomic mass is 10.2. The number of aromatic amines is 1. The van der Waals surface area contributed by atoms with Crippen LogP contribution in [0.25, 0.3) is 10.9 Å². The molecule has 2 aromatic heterocycles. The molecule has 2 aromatic carbocycles. The number of nitrogen functional groups attached to an aromatic ring is 2. The zero-order chi connectivity index (χ0) is 23.6. The number of nitrogens with one attached hydrogen (secondary N) is 3. The smallest absolute Gasteiger partial charge is 0.229 e. The fourth-order valence-corrected chi connectivity index (χ4v) is 3.36. The first-order chi connectivity index (χ1) is 16.2. The van der Waals surface area contributed by atoms with Crippen LogP contribution in [-0.2, 0) is 4.74 Å². The van der Waals surface area contributed by atoms with E-state index >= 15 is 0 Å². The van der Waals surface area contributed by atoms with Gasteiger partial charge in [0.05, 0.1) is 28.8 Å². The molecular weight excluding hydrogens is 418 g/mol. The Morgan fingerprint density at radius 2 is 2.00 bits per heavy atom. The van der Waals surface area contributed by atoms with Gasteiger partial charge in [0, 0.05) is 37.5 Å². The van der Waals surface area contributed by atoms with Gasteiger partial charge in [-0.25, -0.2) is 4.98 Å². The minimum absolute atomic E-state index is 0.460. The first-order valence-electron chi connectivity index (χ1n) is 10.8. The van der Waals surface area contributed by atoms with Gasteiger partial charge in [-0.15, -0.1) is 0 Å². The summed E-state index contributed by atoms with van der Waals surface area (Å²) in [6.07, 6.45) is 4.38. The molecule has 0 aliphatic carbocycles. The molecule has 174 valence electrons. The Hall–Kier alpha value is -3.89. The Labute approximate surface area is 193 Å². The molecule has 7 N–H and O–H groups in total. The van der Waals surface area contributed by atoms with E-state index in [2.05, 4.69) is 36.9 Å². The number of nitrogens with two attached hydrogens (primary N) is 2. The SMILES string of the molecule is CC.COCCCN(c1ccnc(Nc2ccc(N)c(NN)c2)n1)c1cccc2[nH]ncc12. The van der Waals surface area contributed by atoms with Gasteiger partial charge in [0.2, 0.25) is 5.95 Å². The van der Waals surface area contributed by atoms with Crippen LogP contribution in [0.2, 0.25) is 0 Å². The number of benzene rings is 2. The van der Waals surface area contributed by atoms with Gasteiger partial charge in [-0.05, 0) is 42.8 Å². The highest BCUT2D eigenvalue weighted by Gasteiger charge is 2.15. The number of H-pyrrole nitrogens is 1. The van der Waals surface area contributed by atoms with Crippen LogP contribution in [0, 0.1) is 0 Å². The molecule has 0 unspecified atom stereocenters. The van der Waals surface area contributed by atoms with E-state index in [9.17, 15) is 0 Å². The van der Waals surface area contributed by atoms with Gasteiger partial charge in [-0.3, -0.25) is 10.9 Å². The number of rotatable bonds is 9. The van der Waals surface area contributed by atoms with E-state index in [1.54, 1.807) is 25.4 Å². The average molecular weight is 450 g/mol. The third-order valence-electron chi connectivity index (χ3n) is 4.87. The maximum absolute atomic E-state index is 5.89. The molecule has 33 heavy (non-hydrogen) atoms. The number of anilines is 6. The standard InChI is InChI=1S/C21H25N9O.C2H6/c1-31-11-3-10-30(19-5-2-4-17-15(19)13-25-29-17)20-8-9-24-21(27-20)26-14-6-7-16(22)18(12-14)28-23;1-2/h2,4-9,12-13,28H,3,10-11,22-23H2,1H3,(H,25,29)(H,24,26,27);1-2H3. The molecule has 4 aromatic rings. The van der Waals surface area contributed by atoms with Crippen molar-refractivity contribution in [1.82, 2.24) is 20.2 Å². The first-order valence-corrected chi connectivity index (χ1v) is 10.8. The van der Waals surface area contributed by atoms with E-state index in [0.717, 1.165) is 41.1 Å². The normalized spacial score (nSPS) is 10.4. The van der Waals surface area contributed by atoms with Crippen LogP contribution < -0.4 is 27.2 Å². The lowest BCUT2D eigenvalue weighted by Gasteiger charge is -2.25. The van der Waals surface area contributed by atoms with Crippen LogP contribution in [0.1, 0.15) is 20.3 Å². The van der Waals surface area contributed by atoms with Crippen molar-refractivity contribution in [2.75, 3.05) is 41.6 Å². The van der Waals surface area contributed by atoms with E-state index in [1.807, 2.05) is 44.3 Å². The van der Waals surface area contributed by atoms with Crippen LogP contribution in [0.5, 0.6) is 0 Å². The lowest BCUT2D eigenvalue weighted by Crippen LogP contribution is -2.21. The van der Waals surface area contributed by atoms with Crippen LogP contribution >= 0.6 is 0 Å². The minimum Gasteiger partial charge on any atom is -0.397 e.